The van der Waals surface area contributed by atoms with Crippen LogP contribution in [0.5, 0.6) is 0 Å². The number of carboxylic acids is 1. The van der Waals surface area contributed by atoms with Gasteiger partial charge in [-0.25, -0.2) is 4.98 Å². The number of aliphatic carboxylic acids is 1. The largest absolute Gasteiger partial charge is 0.481 e. The Morgan fingerprint density at radius 3 is 2.90 bits per heavy atom. The minimum atomic E-state index is -0.700. The first kappa shape index (κ1) is 14.6. The maximum atomic E-state index is 11.5. The molecule has 1 aliphatic rings. The zero-order chi connectivity index (χ0) is 15.1. The minimum absolute atomic E-state index is 0.00183. The van der Waals surface area contributed by atoms with Crippen molar-refractivity contribution in [1.82, 2.24) is 9.97 Å². The molecular formula is C16H19BrN2O2. The van der Waals surface area contributed by atoms with E-state index in [1.54, 1.807) is 0 Å². The minimum Gasteiger partial charge on any atom is -0.481 e. The number of hydrogen-bond donors (Lipinski definition) is 2. The van der Waals surface area contributed by atoms with Gasteiger partial charge in [-0.05, 0) is 43.4 Å². The third-order valence-electron chi connectivity index (χ3n) is 4.67. The van der Waals surface area contributed by atoms with Crippen LogP contribution in [0.3, 0.4) is 0 Å². The van der Waals surface area contributed by atoms with Gasteiger partial charge in [-0.1, -0.05) is 29.3 Å². The Morgan fingerprint density at radius 2 is 2.24 bits per heavy atom. The van der Waals surface area contributed by atoms with Crippen molar-refractivity contribution in [3.63, 3.8) is 0 Å². The maximum absolute atomic E-state index is 11.5. The molecule has 3 atom stereocenters. The van der Waals surface area contributed by atoms with Gasteiger partial charge in [0.05, 0.1) is 17.0 Å². The monoisotopic (exact) mass is 350 g/mol. The first-order valence-corrected chi connectivity index (χ1v) is 8.17. The summed E-state index contributed by atoms with van der Waals surface area (Å²) < 4.78 is 1.01. The lowest BCUT2D eigenvalue weighted by Gasteiger charge is -2.12. The van der Waals surface area contributed by atoms with Crippen LogP contribution in [0, 0.1) is 18.8 Å². The molecule has 3 rings (SSSR count). The number of aryl methyl sites for hydroxylation is 1. The first-order chi connectivity index (χ1) is 9.99. The molecule has 0 radical (unpaired) electrons. The lowest BCUT2D eigenvalue weighted by Crippen LogP contribution is -2.17. The maximum Gasteiger partial charge on any atom is 0.307 e. The summed E-state index contributed by atoms with van der Waals surface area (Å²) in [6.45, 7) is 4.15. The van der Waals surface area contributed by atoms with Crippen LogP contribution in [0.4, 0.5) is 0 Å². The zero-order valence-corrected chi connectivity index (χ0v) is 13.8. The highest BCUT2D eigenvalue weighted by molar-refractivity contribution is 9.10. The number of halogens is 1. The normalized spacial score (nSPS) is 25.6. The van der Waals surface area contributed by atoms with Gasteiger partial charge in [0, 0.05) is 10.4 Å². The smallest absolute Gasteiger partial charge is 0.307 e. The average Bonchev–Trinajstić information content (AvgIpc) is 3.01. The van der Waals surface area contributed by atoms with Gasteiger partial charge in [0.1, 0.15) is 5.82 Å². The molecule has 1 heterocycles. The summed E-state index contributed by atoms with van der Waals surface area (Å²) in [6, 6.07) is 4.03. The lowest BCUT2D eigenvalue weighted by atomic mass is 9.96. The highest BCUT2D eigenvalue weighted by atomic mass is 79.9. The molecule has 1 saturated carbocycles. The van der Waals surface area contributed by atoms with Gasteiger partial charge in [0.25, 0.3) is 0 Å². The summed E-state index contributed by atoms with van der Waals surface area (Å²) in [5.41, 5.74) is 3.01. The van der Waals surface area contributed by atoms with Crippen LogP contribution >= 0.6 is 15.9 Å². The molecule has 2 aromatic rings. The summed E-state index contributed by atoms with van der Waals surface area (Å²) in [5.74, 6) is 0.290. The quantitative estimate of drug-likeness (QED) is 0.869. The second-order valence-corrected chi connectivity index (χ2v) is 6.95. The van der Waals surface area contributed by atoms with E-state index in [2.05, 4.69) is 27.8 Å². The van der Waals surface area contributed by atoms with Crippen molar-refractivity contribution in [3.8, 4) is 0 Å². The van der Waals surface area contributed by atoms with Gasteiger partial charge in [0.2, 0.25) is 0 Å². The molecule has 0 aliphatic heterocycles. The van der Waals surface area contributed by atoms with E-state index >= 15 is 0 Å². The molecule has 0 bridgehead atoms. The van der Waals surface area contributed by atoms with Crippen LogP contribution < -0.4 is 0 Å². The van der Waals surface area contributed by atoms with Crippen molar-refractivity contribution >= 4 is 32.9 Å². The predicted molar refractivity (Wildman–Crippen MR) is 85.4 cm³/mol. The fraction of sp³-hybridized carbons (Fsp3) is 0.500. The molecular weight excluding hydrogens is 332 g/mol. The average molecular weight is 351 g/mol. The van der Waals surface area contributed by atoms with Crippen LogP contribution in [0.1, 0.15) is 43.5 Å². The van der Waals surface area contributed by atoms with Crippen molar-refractivity contribution in [2.45, 2.75) is 39.0 Å². The van der Waals surface area contributed by atoms with Gasteiger partial charge in [0.15, 0.2) is 0 Å². The summed E-state index contributed by atoms with van der Waals surface area (Å²) >= 11 is 3.49. The molecule has 1 aromatic carbocycles. The van der Waals surface area contributed by atoms with Crippen molar-refractivity contribution in [1.29, 1.82) is 0 Å². The second kappa shape index (κ2) is 5.44. The van der Waals surface area contributed by atoms with E-state index < -0.39 is 5.97 Å². The highest BCUT2D eigenvalue weighted by Crippen LogP contribution is 2.44. The topological polar surface area (TPSA) is 66.0 Å². The van der Waals surface area contributed by atoms with Gasteiger partial charge < -0.3 is 10.1 Å². The number of imidazole rings is 1. The second-order valence-electron chi connectivity index (χ2n) is 6.04. The van der Waals surface area contributed by atoms with Crippen LogP contribution in [0.25, 0.3) is 11.0 Å². The number of nitrogens with one attached hydrogen (secondary N) is 1. The molecule has 0 saturated heterocycles. The fourth-order valence-electron chi connectivity index (χ4n) is 3.49. The van der Waals surface area contributed by atoms with Crippen molar-refractivity contribution in [2.24, 2.45) is 11.8 Å². The van der Waals surface area contributed by atoms with Gasteiger partial charge in [-0.3, -0.25) is 4.79 Å². The molecule has 5 heteroatoms. The first-order valence-electron chi connectivity index (χ1n) is 7.38. The summed E-state index contributed by atoms with van der Waals surface area (Å²) in [6.07, 6.45) is 2.70. The molecule has 112 valence electrons. The van der Waals surface area contributed by atoms with E-state index in [1.807, 2.05) is 19.1 Å². The number of carbonyl (C=O) groups is 1. The fourth-order valence-corrected chi connectivity index (χ4v) is 4.06. The van der Waals surface area contributed by atoms with E-state index in [1.165, 1.54) is 0 Å². The molecule has 3 unspecified atom stereocenters. The number of H-pyrrole nitrogens is 1. The number of benzene rings is 1. The van der Waals surface area contributed by atoms with E-state index in [9.17, 15) is 9.90 Å². The standard InChI is InChI=1S/C16H19BrN2O2/c1-3-9-5-11(12(6-9)16(20)21)15-18-13-7-10(17)4-8(2)14(13)19-15/h4,7,9,11-12H,3,5-6H2,1-2H3,(H,18,19)(H,20,21). The van der Waals surface area contributed by atoms with Crippen molar-refractivity contribution in [3.05, 3.63) is 28.0 Å². The number of rotatable bonds is 3. The molecule has 1 aromatic heterocycles. The molecule has 1 fully saturated rings. The molecule has 1 aliphatic carbocycles. The van der Waals surface area contributed by atoms with Crippen molar-refractivity contribution < 1.29 is 9.90 Å². The van der Waals surface area contributed by atoms with E-state index in [0.717, 1.165) is 46.2 Å². The Morgan fingerprint density at radius 1 is 1.48 bits per heavy atom. The Labute approximate surface area is 132 Å². The molecule has 21 heavy (non-hydrogen) atoms. The number of hydrogen-bond acceptors (Lipinski definition) is 2. The molecule has 0 amide bonds. The Balaban J connectivity index is 2.02. The van der Waals surface area contributed by atoms with Gasteiger partial charge in [-0.2, -0.15) is 0 Å². The lowest BCUT2D eigenvalue weighted by molar-refractivity contribution is -0.142. The van der Waals surface area contributed by atoms with Crippen molar-refractivity contribution in [2.75, 3.05) is 0 Å². The number of carboxylic acid groups (broad SMARTS) is 1. The summed E-state index contributed by atoms with van der Waals surface area (Å²) in [5, 5.41) is 9.48. The van der Waals surface area contributed by atoms with E-state index in [0.29, 0.717) is 5.92 Å². The summed E-state index contributed by atoms with van der Waals surface area (Å²) in [7, 11) is 0. The number of aromatic nitrogens is 2. The van der Waals surface area contributed by atoms with E-state index in [-0.39, 0.29) is 11.8 Å². The van der Waals surface area contributed by atoms with Crippen LogP contribution in [0.2, 0.25) is 0 Å². The van der Waals surface area contributed by atoms with Crippen LogP contribution in [0.15, 0.2) is 16.6 Å². The molecule has 4 nitrogen and oxygen atoms in total. The molecule has 0 spiro atoms. The SMILES string of the molecule is CCC1CC(C(=O)O)C(c2nc3c(C)cc(Br)cc3[nH]2)C1. The zero-order valence-electron chi connectivity index (χ0n) is 12.2. The Kier molecular flexibility index (Phi) is 3.78. The van der Waals surface area contributed by atoms with Gasteiger partial charge in [-0.15, -0.1) is 0 Å². The van der Waals surface area contributed by atoms with Crippen LogP contribution in [-0.2, 0) is 4.79 Å². The highest BCUT2D eigenvalue weighted by Gasteiger charge is 2.40. The number of fused-ring (bicyclic) bond motifs is 1. The number of nitrogens with zero attached hydrogens (tertiary/aromatic N) is 1. The summed E-state index contributed by atoms with van der Waals surface area (Å²) in [4.78, 5) is 19.6. The Bertz CT molecular complexity index is 695. The molecule has 2 N–H and O–H groups in total. The Hall–Kier alpha value is -1.36. The predicted octanol–water partition coefficient (Wildman–Crippen LogP) is 4.24. The van der Waals surface area contributed by atoms with E-state index in [4.69, 9.17) is 4.98 Å². The van der Waals surface area contributed by atoms with Crippen LogP contribution in [-0.4, -0.2) is 21.0 Å². The third-order valence-corrected chi connectivity index (χ3v) is 5.12. The van der Waals surface area contributed by atoms with Gasteiger partial charge >= 0.3 is 5.97 Å². The number of aromatic amines is 1. The third kappa shape index (κ3) is 2.59.